The molecule has 1 aliphatic heterocycles. The maximum atomic E-state index is 12.0. The van der Waals surface area contributed by atoms with Crippen LogP contribution < -0.4 is 15.5 Å². The highest BCUT2D eigenvalue weighted by molar-refractivity contribution is 5.92. The molecule has 7 heteroatoms. The van der Waals surface area contributed by atoms with Crippen molar-refractivity contribution in [1.29, 1.82) is 0 Å². The number of nitrogens with zero attached hydrogens (tertiary/aromatic N) is 2. The van der Waals surface area contributed by atoms with E-state index in [9.17, 15) is 14.7 Å². The molecule has 2 amide bonds. The normalized spacial score (nSPS) is 16.6. The number of carbonyl (C=O) groups is 2. The molecule has 1 fully saturated rings. The highest BCUT2D eigenvalue weighted by Crippen LogP contribution is 2.19. The summed E-state index contributed by atoms with van der Waals surface area (Å²) in [7, 11) is 2.12. The number of benzene rings is 1. The van der Waals surface area contributed by atoms with Crippen molar-refractivity contribution in [1.82, 2.24) is 10.2 Å². The van der Waals surface area contributed by atoms with Gasteiger partial charge >= 0.3 is 12.0 Å². The topological polar surface area (TPSA) is 84.9 Å². The Kier molecular flexibility index (Phi) is 6.64. The number of likely N-dealkylation sites (N-methyl/N-ethyl adjacent to an activating group) is 1. The number of carbonyl (C=O) groups excluding carboxylic acids is 1. The largest absolute Gasteiger partial charge is 0.480 e. The lowest BCUT2D eigenvalue weighted by Crippen LogP contribution is -2.44. The van der Waals surface area contributed by atoms with E-state index in [1.807, 2.05) is 38.1 Å². The van der Waals surface area contributed by atoms with Crippen LogP contribution in [-0.2, 0) is 4.79 Å². The summed E-state index contributed by atoms with van der Waals surface area (Å²) in [6.07, 6.45) is 0.394. The standard InChI is InChI=1S/C18H28N4O3/c1-13(2)12-16(17(23)24)20-18(25)19-14-4-6-15(7-5-14)22-10-8-21(3)9-11-22/h4-7,13,16H,8-12H2,1-3H3,(H,23,24)(H2,19,20,25). The van der Waals surface area contributed by atoms with Crippen LogP contribution in [0.5, 0.6) is 0 Å². The SMILES string of the molecule is CC(C)CC(NC(=O)Nc1ccc(N2CCN(C)CC2)cc1)C(=O)O. The maximum absolute atomic E-state index is 12.0. The fraction of sp³-hybridized carbons (Fsp3) is 0.556. The first kappa shape index (κ1) is 19.1. The molecule has 0 aliphatic carbocycles. The van der Waals surface area contributed by atoms with Gasteiger partial charge in [0.05, 0.1) is 0 Å². The maximum Gasteiger partial charge on any atom is 0.326 e. The second kappa shape index (κ2) is 8.71. The Hall–Kier alpha value is -2.28. The number of hydrogen-bond donors (Lipinski definition) is 3. The van der Waals surface area contributed by atoms with Crippen molar-refractivity contribution in [3.8, 4) is 0 Å². The monoisotopic (exact) mass is 348 g/mol. The molecule has 1 aromatic carbocycles. The van der Waals surface area contributed by atoms with Crippen LogP contribution in [0.15, 0.2) is 24.3 Å². The minimum absolute atomic E-state index is 0.185. The molecule has 0 radical (unpaired) electrons. The van der Waals surface area contributed by atoms with Gasteiger partial charge < -0.3 is 25.5 Å². The molecule has 1 aliphatic rings. The molecule has 1 aromatic rings. The summed E-state index contributed by atoms with van der Waals surface area (Å²) < 4.78 is 0. The molecule has 1 atom stereocenters. The Bertz CT molecular complexity index is 580. The van der Waals surface area contributed by atoms with Crippen LogP contribution in [0.1, 0.15) is 20.3 Å². The van der Waals surface area contributed by atoms with Gasteiger partial charge in [-0.3, -0.25) is 0 Å². The molecule has 0 saturated carbocycles. The van der Waals surface area contributed by atoms with Crippen LogP contribution in [0.4, 0.5) is 16.2 Å². The molecule has 3 N–H and O–H groups in total. The third kappa shape index (κ3) is 5.94. The van der Waals surface area contributed by atoms with Crippen molar-refractivity contribution in [3.63, 3.8) is 0 Å². The number of urea groups is 1. The number of anilines is 2. The molecule has 0 bridgehead atoms. The first-order valence-electron chi connectivity index (χ1n) is 8.69. The van der Waals surface area contributed by atoms with Gasteiger partial charge in [0.2, 0.25) is 0 Å². The fourth-order valence-electron chi connectivity index (χ4n) is 2.84. The molecule has 2 rings (SSSR count). The van der Waals surface area contributed by atoms with Crippen LogP contribution in [0.2, 0.25) is 0 Å². The van der Waals surface area contributed by atoms with E-state index in [1.54, 1.807) is 0 Å². The van der Waals surface area contributed by atoms with Gasteiger partial charge in [0.25, 0.3) is 0 Å². The molecule has 1 saturated heterocycles. The average molecular weight is 348 g/mol. The predicted molar refractivity (Wildman–Crippen MR) is 99.2 cm³/mol. The van der Waals surface area contributed by atoms with Gasteiger partial charge in [-0.05, 0) is 43.7 Å². The molecule has 1 unspecified atom stereocenters. The number of rotatable bonds is 6. The summed E-state index contributed by atoms with van der Waals surface area (Å²) in [6, 6.07) is 6.25. The zero-order chi connectivity index (χ0) is 18.4. The summed E-state index contributed by atoms with van der Waals surface area (Å²) in [6.45, 7) is 7.89. The third-order valence-electron chi connectivity index (χ3n) is 4.30. The number of amides is 2. The zero-order valence-electron chi connectivity index (χ0n) is 15.2. The number of carboxylic acids is 1. The summed E-state index contributed by atoms with van der Waals surface area (Å²) >= 11 is 0. The van der Waals surface area contributed by atoms with E-state index >= 15 is 0 Å². The highest BCUT2D eigenvalue weighted by Gasteiger charge is 2.21. The van der Waals surface area contributed by atoms with Gasteiger partial charge in [0, 0.05) is 37.6 Å². The first-order chi connectivity index (χ1) is 11.8. The molecule has 0 spiro atoms. The Morgan fingerprint density at radius 1 is 1.12 bits per heavy atom. The van der Waals surface area contributed by atoms with Crippen molar-refractivity contribution in [2.75, 3.05) is 43.4 Å². The lowest BCUT2D eigenvalue weighted by Gasteiger charge is -2.34. The van der Waals surface area contributed by atoms with Crippen molar-refractivity contribution < 1.29 is 14.7 Å². The van der Waals surface area contributed by atoms with Crippen molar-refractivity contribution in [2.45, 2.75) is 26.3 Å². The predicted octanol–water partition coefficient (Wildman–Crippen LogP) is 2.06. The third-order valence-corrected chi connectivity index (χ3v) is 4.30. The molecule has 1 heterocycles. The van der Waals surface area contributed by atoms with E-state index in [-0.39, 0.29) is 5.92 Å². The van der Waals surface area contributed by atoms with E-state index in [1.165, 1.54) is 0 Å². The van der Waals surface area contributed by atoms with Gasteiger partial charge in [-0.15, -0.1) is 0 Å². The lowest BCUT2D eigenvalue weighted by molar-refractivity contribution is -0.139. The molecule has 0 aromatic heterocycles. The number of aliphatic carboxylic acids is 1. The molecular weight excluding hydrogens is 320 g/mol. The van der Waals surface area contributed by atoms with Crippen molar-refractivity contribution in [2.24, 2.45) is 5.92 Å². The molecule has 138 valence electrons. The van der Waals surface area contributed by atoms with Gasteiger partial charge in [-0.25, -0.2) is 9.59 Å². The number of nitrogens with one attached hydrogen (secondary N) is 2. The summed E-state index contributed by atoms with van der Waals surface area (Å²) in [4.78, 5) is 27.9. The van der Waals surface area contributed by atoms with Crippen molar-refractivity contribution in [3.05, 3.63) is 24.3 Å². The van der Waals surface area contributed by atoms with Crippen LogP contribution in [0.25, 0.3) is 0 Å². The lowest BCUT2D eigenvalue weighted by atomic mass is 10.0. The average Bonchev–Trinajstić information content (AvgIpc) is 2.55. The van der Waals surface area contributed by atoms with Crippen LogP contribution in [-0.4, -0.2) is 61.3 Å². The van der Waals surface area contributed by atoms with Gasteiger partial charge in [-0.2, -0.15) is 0 Å². The Morgan fingerprint density at radius 2 is 1.72 bits per heavy atom. The first-order valence-corrected chi connectivity index (χ1v) is 8.69. The molecular formula is C18H28N4O3. The Morgan fingerprint density at radius 3 is 2.24 bits per heavy atom. The van der Waals surface area contributed by atoms with E-state index < -0.39 is 18.0 Å². The Balaban J connectivity index is 1.89. The number of hydrogen-bond acceptors (Lipinski definition) is 4. The second-order valence-corrected chi connectivity index (χ2v) is 6.96. The minimum Gasteiger partial charge on any atom is -0.480 e. The summed E-state index contributed by atoms with van der Waals surface area (Å²) in [5, 5.41) is 14.4. The quantitative estimate of drug-likeness (QED) is 0.733. The number of carboxylic acid groups (broad SMARTS) is 1. The van der Waals surface area contributed by atoms with Gasteiger partial charge in [0.15, 0.2) is 0 Å². The zero-order valence-corrected chi connectivity index (χ0v) is 15.2. The minimum atomic E-state index is -1.02. The van der Waals surface area contributed by atoms with E-state index in [2.05, 4.69) is 27.5 Å². The van der Waals surface area contributed by atoms with Crippen LogP contribution in [0.3, 0.4) is 0 Å². The fourth-order valence-corrected chi connectivity index (χ4v) is 2.84. The van der Waals surface area contributed by atoms with Gasteiger partial charge in [0.1, 0.15) is 6.04 Å². The van der Waals surface area contributed by atoms with Crippen LogP contribution in [0, 0.1) is 5.92 Å². The molecule has 25 heavy (non-hydrogen) atoms. The van der Waals surface area contributed by atoms with E-state index in [0.717, 1.165) is 31.9 Å². The van der Waals surface area contributed by atoms with Gasteiger partial charge in [-0.1, -0.05) is 13.8 Å². The smallest absolute Gasteiger partial charge is 0.326 e. The van der Waals surface area contributed by atoms with Crippen LogP contribution >= 0.6 is 0 Å². The van der Waals surface area contributed by atoms with E-state index in [0.29, 0.717) is 12.1 Å². The molecule has 7 nitrogen and oxygen atoms in total. The second-order valence-electron chi connectivity index (χ2n) is 6.96. The summed E-state index contributed by atoms with van der Waals surface area (Å²) in [5.41, 5.74) is 1.77. The number of piperazine rings is 1. The van der Waals surface area contributed by atoms with Crippen molar-refractivity contribution >= 4 is 23.4 Å². The van der Waals surface area contributed by atoms with E-state index in [4.69, 9.17) is 0 Å². The highest BCUT2D eigenvalue weighted by atomic mass is 16.4. The Labute approximate surface area is 149 Å². The summed E-state index contributed by atoms with van der Waals surface area (Å²) in [5.74, 6) is -0.835.